The number of rotatable bonds is 6. The van der Waals surface area contributed by atoms with Crippen molar-refractivity contribution >= 4 is 50.4 Å². The Morgan fingerprint density at radius 1 is 0.875 bits per heavy atom. The van der Waals surface area contributed by atoms with Crippen LogP contribution in [0.5, 0.6) is 0 Å². The van der Waals surface area contributed by atoms with Crippen LogP contribution >= 0.6 is 11.3 Å². The summed E-state index contributed by atoms with van der Waals surface area (Å²) in [6, 6.07) is 16.1. The summed E-state index contributed by atoms with van der Waals surface area (Å²) in [6.45, 7) is 1.43. The van der Waals surface area contributed by atoms with Gasteiger partial charge in [-0.25, -0.2) is 13.2 Å². The molecule has 32 heavy (non-hydrogen) atoms. The van der Waals surface area contributed by atoms with E-state index < -0.39 is 15.9 Å². The Bertz CT molecular complexity index is 1220. The van der Waals surface area contributed by atoms with Gasteiger partial charge in [0, 0.05) is 24.3 Å². The van der Waals surface area contributed by atoms with Gasteiger partial charge in [0.2, 0.25) is 0 Å². The molecule has 166 valence electrons. The lowest BCUT2D eigenvalue weighted by Gasteiger charge is -2.18. The topological polar surface area (TPSA) is 108 Å². The molecule has 1 fully saturated rings. The van der Waals surface area contributed by atoms with Gasteiger partial charge in [0.1, 0.15) is 4.21 Å². The number of carbonyl (C=O) groups is 2. The minimum absolute atomic E-state index is 0.190. The van der Waals surface area contributed by atoms with Crippen LogP contribution in [0.1, 0.15) is 23.2 Å². The standard InChI is InChI=1S/C22H22N4O4S2/c27-21(16-7-5-8-17(15-16)25-32(29,30)20-11-6-14-31-20)23-18-9-1-2-10-19(18)24-22(28)26-12-3-4-13-26/h1-2,5-11,14-15,25H,3-4,12-13H2,(H,23,27)(H,24,28). The van der Waals surface area contributed by atoms with Gasteiger partial charge in [-0.05, 0) is 54.6 Å². The van der Waals surface area contributed by atoms with Crippen molar-refractivity contribution in [2.45, 2.75) is 17.1 Å². The molecule has 8 nitrogen and oxygen atoms in total. The molecule has 0 aliphatic carbocycles. The second-order valence-corrected chi connectivity index (χ2v) is 10.1. The number of hydrogen-bond acceptors (Lipinski definition) is 5. The van der Waals surface area contributed by atoms with E-state index in [0.29, 0.717) is 24.5 Å². The first-order chi connectivity index (χ1) is 15.4. The molecule has 0 spiro atoms. The molecule has 2 aromatic carbocycles. The number of para-hydroxylation sites is 2. The number of benzene rings is 2. The number of thiophene rings is 1. The van der Waals surface area contributed by atoms with Crippen molar-refractivity contribution in [3.8, 4) is 0 Å². The quantitative estimate of drug-likeness (QED) is 0.495. The van der Waals surface area contributed by atoms with Crippen molar-refractivity contribution in [1.29, 1.82) is 0 Å². The third kappa shape index (κ3) is 5.09. The van der Waals surface area contributed by atoms with Crippen LogP contribution in [0.25, 0.3) is 0 Å². The van der Waals surface area contributed by atoms with E-state index in [1.54, 1.807) is 58.8 Å². The Kier molecular flexibility index (Phi) is 6.42. The Balaban J connectivity index is 1.48. The average Bonchev–Trinajstić information content (AvgIpc) is 3.50. The third-order valence-electron chi connectivity index (χ3n) is 4.95. The molecule has 0 saturated carbocycles. The Morgan fingerprint density at radius 2 is 1.59 bits per heavy atom. The minimum atomic E-state index is -3.72. The number of amides is 3. The summed E-state index contributed by atoms with van der Waals surface area (Å²) in [6.07, 6.45) is 1.97. The van der Waals surface area contributed by atoms with Gasteiger partial charge in [-0.1, -0.05) is 24.3 Å². The molecule has 0 unspecified atom stereocenters. The molecule has 0 bridgehead atoms. The molecular weight excluding hydrogens is 448 g/mol. The van der Waals surface area contributed by atoms with Crippen molar-refractivity contribution in [3.05, 3.63) is 71.6 Å². The normalized spacial score (nSPS) is 13.6. The van der Waals surface area contributed by atoms with Crippen molar-refractivity contribution in [1.82, 2.24) is 4.90 Å². The number of sulfonamides is 1. The summed E-state index contributed by atoms with van der Waals surface area (Å²) in [7, 11) is -3.72. The van der Waals surface area contributed by atoms with Gasteiger partial charge in [-0.3, -0.25) is 9.52 Å². The van der Waals surface area contributed by atoms with Crippen LogP contribution in [0.2, 0.25) is 0 Å². The highest BCUT2D eigenvalue weighted by Gasteiger charge is 2.20. The zero-order valence-electron chi connectivity index (χ0n) is 17.1. The first-order valence-corrected chi connectivity index (χ1v) is 12.4. The van der Waals surface area contributed by atoms with Gasteiger partial charge in [-0.2, -0.15) is 0 Å². The zero-order chi connectivity index (χ0) is 22.6. The lowest BCUT2D eigenvalue weighted by atomic mass is 10.2. The van der Waals surface area contributed by atoms with Crippen molar-refractivity contribution in [3.63, 3.8) is 0 Å². The number of hydrogen-bond donors (Lipinski definition) is 3. The fourth-order valence-electron chi connectivity index (χ4n) is 3.36. The molecule has 3 N–H and O–H groups in total. The highest BCUT2D eigenvalue weighted by atomic mass is 32.2. The molecule has 3 amide bonds. The summed E-state index contributed by atoms with van der Waals surface area (Å²) in [5.74, 6) is -0.426. The Labute approximate surface area is 190 Å². The van der Waals surface area contributed by atoms with E-state index in [1.165, 1.54) is 12.1 Å². The van der Waals surface area contributed by atoms with Crippen LogP contribution in [0, 0.1) is 0 Å². The van der Waals surface area contributed by atoms with E-state index in [2.05, 4.69) is 15.4 Å². The fraction of sp³-hybridized carbons (Fsp3) is 0.182. The molecule has 0 radical (unpaired) electrons. The maximum absolute atomic E-state index is 12.8. The molecule has 1 saturated heterocycles. The summed E-state index contributed by atoms with van der Waals surface area (Å²) >= 11 is 1.11. The van der Waals surface area contributed by atoms with Crippen LogP contribution in [0.4, 0.5) is 21.9 Å². The van der Waals surface area contributed by atoms with Gasteiger partial charge in [0.25, 0.3) is 15.9 Å². The maximum atomic E-state index is 12.8. The molecule has 1 aliphatic rings. The molecule has 4 rings (SSSR count). The first kappa shape index (κ1) is 21.8. The molecular formula is C22H22N4O4S2. The van der Waals surface area contributed by atoms with Gasteiger partial charge in [-0.15, -0.1) is 11.3 Å². The second kappa shape index (κ2) is 9.41. The highest BCUT2D eigenvalue weighted by Crippen LogP contribution is 2.24. The Hall–Kier alpha value is -3.37. The van der Waals surface area contributed by atoms with Crippen molar-refractivity contribution < 1.29 is 18.0 Å². The van der Waals surface area contributed by atoms with Crippen LogP contribution in [0.3, 0.4) is 0 Å². The maximum Gasteiger partial charge on any atom is 0.321 e. The predicted molar refractivity (Wildman–Crippen MR) is 126 cm³/mol. The van der Waals surface area contributed by atoms with Crippen molar-refractivity contribution in [2.24, 2.45) is 0 Å². The highest BCUT2D eigenvalue weighted by molar-refractivity contribution is 7.94. The smallest absolute Gasteiger partial charge is 0.321 e. The number of carbonyl (C=O) groups excluding carboxylic acids is 2. The van der Waals surface area contributed by atoms with E-state index in [0.717, 1.165) is 24.2 Å². The molecule has 0 atom stereocenters. The molecule has 1 aromatic heterocycles. The van der Waals surface area contributed by atoms with Crippen LogP contribution in [-0.2, 0) is 10.0 Å². The number of nitrogens with one attached hydrogen (secondary N) is 3. The summed E-state index contributed by atoms with van der Waals surface area (Å²) in [5.41, 5.74) is 1.50. The lowest BCUT2D eigenvalue weighted by molar-refractivity contribution is 0.102. The van der Waals surface area contributed by atoms with E-state index in [9.17, 15) is 18.0 Å². The van der Waals surface area contributed by atoms with Crippen molar-refractivity contribution in [2.75, 3.05) is 28.4 Å². The SMILES string of the molecule is O=C(Nc1ccccc1NC(=O)N1CCCC1)c1cccc(NS(=O)(=O)c2cccs2)c1. The average molecular weight is 471 g/mol. The molecule has 10 heteroatoms. The number of likely N-dealkylation sites (tertiary alicyclic amines) is 1. The monoisotopic (exact) mass is 470 g/mol. The molecule has 1 aliphatic heterocycles. The minimum Gasteiger partial charge on any atom is -0.325 e. The van der Waals surface area contributed by atoms with Gasteiger partial charge >= 0.3 is 6.03 Å². The molecule has 3 aromatic rings. The second-order valence-electron chi connectivity index (χ2n) is 7.24. The largest absolute Gasteiger partial charge is 0.325 e. The fourth-order valence-corrected chi connectivity index (χ4v) is 5.40. The van der Waals surface area contributed by atoms with Gasteiger partial charge < -0.3 is 15.5 Å². The Morgan fingerprint density at radius 3 is 2.28 bits per heavy atom. The predicted octanol–water partition coefficient (Wildman–Crippen LogP) is 4.43. The third-order valence-corrected chi connectivity index (χ3v) is 7.73. The van der Waals surface area contributed by atoms with Gasteiger partial charge in [0.15, 0.2) is 0 Å². The summed E-state index contributed by atoms with van der Waals surface area (Å²) in [4.78, 5) is 27.0. The number of anilines is 3. The number of urea groups is 1. The van der Waals surface area contributed by atoms with E-state index in [-0.39, 0.29) is 21.5 Å². The van der Waals surface area contributed by atoms with E-state index in [4.69, 9.17) is 0 Å². The van der Waals surface area contributed by atoms with Gasteiger partial charge in [0.05, 0.1) is 11.4 Å². The molecule has 2 heterocycles. The first-order valence-electron chi connectivity index (χ1n) is 10.0. The van der Waals surface area contributed by atoms with Crippen LogP contribution < -0.4 is 15.4 Å². The zero-order valence-corrected chi connectivity index (χ0v) is 18.7. The van der Waals surface area contributed by atoms with Crippen LogP contribution in [-0.4, -0.2) is 38.3 Å². The number of nitrogens with zero attached hydrogens (tertiary/aromatic N) is 1. The summed E-state index contributed by atoms with van der Waals surface area (Å²) < 4.78 is 27.6. The summed E-state index contributed by atoms with van der Waals surface area (Å²) in [5, 5.41) is 7.32. The lowest BCUT2D eigenvalue weighted by Crippen LogP contribution is -2.32. The van der Waals surface area contributed by atoms with E-state index in [1.807, 2.05) is 0 Å². The van der Waals surface area contributed by atoms with Crippen LogP contribution in [0.15, 0.2) is 70.3 Å². The van der Waals surface area contributed by atoms with E-state index >= 15 is 0 Å².